The molecule has 0 spiro atoms. The van der Waals surface area contributed by atoms with E-state index >= 15 is 0 Å². The number of aliphatic hydroxyl groups is 1. The Hall–Kier alpha value is -0.840. The first kappa shape index (κ1) is 9.71. The Morgan fingerprint density at radius 2 is 2.50 bits per heavy atom. The minimum absolute atomic E-state index is 0.135. The third kappa shape index (κ3) is 1.35. The van der Waals surface area contributed by atoms with E-state index in [9.17, 15) is 5.11 Å². The molecule has 1 fully saturated rings. The van der Waals surface area contributed by atoms with E-state index in [1.807, 2.05) is 25.4 Å². The lowest BCUT2D eigenvalue weighted by molar-refractivity contribution is -0.156. The van der Waals surface area contributed by atoms with Crippen LogP contribution in [-0.2, 0) is 4.74 Å². The predicted molar refractivity (Wildman–Crippen MR) is 52.9 cm³/mol. The number of aromatic nitrogens is 1. The molecule has 1 aliphatic rings. The molecular formula is C10H16N2O2. The van der Waals surface area contributed by atoms with Crippen LogP contribution in [0.4, 0.5) is 0 Å². The quantitative estimate of drug-likeness (QED) is 0.648. The van der Waals surface area contributed by atoms with Gasteiger partial charge >= 0.3 is 0 Å². The van der Waals surface area contributed by atoms with Gasteiger partial charge in [0, 0.05) is 11.9 Å². The zero-order valence-electron chi connectivity index (χ0n) is 8.29. The van der Waals surface area contributed by atoms with E-state index in [-0.39, 0.29) is 18.1 Å². The van der Waals surface area contributed by atoms with E-state index < -0.39 is 0 Å². The molecule has 1 saturated heterocycles. The van der Waals surface area contributed by atoms with Crippen LogP contribution in [0.5, 0.6) is 0 Å². The van der Waals surface area contributed by atoms with E-state index in [1.165, 1.54) is 0 Å². The molecule has 1 aromatic heterocycles. The van der Waals surface area contributed by atoms with Crippen molar-refractivity contribution in [2.24, 2.45) is 5.41 Å². The lowest BCUT2D eigenvalue weighted by Gasteiger charge is -2.45. The number of ether oxygens (including phenoxy) is 1. The zero-order valence-corrected chi connectivity index (χ0v) is 8.29. The molecule has 2 heterocycles. The van der Waals surface area contributed by atoms with Crippen molar-refractivity contribution in [3.05, 3.63) is 24.0 Å². The second kappa shape index (κ2) is 3.73. The minimum Gasteiger partial charge on any atom is -0.396 e. The normalized spacial score (nSPS) is 21.6. The average molecular weight is 196 g/mol. The second-order valence-corrected chi connectivity index (χ2v) is 3.86. The Morgan fingerprint density at radius 3 is 2.86 bits per heavy atom. The number of aliphatic hydroxyl groups excluding tert-OH is 1. The fourth-order valence-corrected chi connectivity index (χ4v) is 2.03. The van der Waals surface area contributed by atoms with Crippen molar-refractivity contribution in [2.75, 3.05) is 26.9 Å². The number of hydrogen-bond acceptors (Lipinski definition) is 3. The Kier molecular flexibility index (Phi) is 2.58. The van der Waals surface area contributed by atoms with Gasteiger partial charge in [0.05, 0.1) is 31.3 Å². The maximum absolute atomic E-state index is 9.40. The molecule has 0 aliphatic carbocycles. The van der Waals surface area contributed by atoms with Crippen LogP contribution >= 0.6 is 0 Å². The SMILES string of the molecule is CNC(c1ccc[nH]1)C1(CO)COC1. The van der Waals surface area contributed by atoms with E-state index in [1.54, 1.807) is 0 Å². The predicted octanol–water partition coefficient (Wildman–Crippen LogP) is 0.284. The van der Waals surface area contributed by atoms with Crippen LogP contribution in [0.2, 0.25) is 0 Å². The molecule has 1 unspecified atom stereocenters. The lowest BCUT2D eigenvalue weighted by atomic mass is 9.77. The van der Waals surface area contributed by atoms with Crippen LogP contribution in [0.1, 0.15) is 11.7 Å². The highest BCUT2D eigenvalue weighted by Gasteiger charge is 2.45. The highest BCUT2D eigenvalue weighted by molar-refractivity contribution is 5.15. The number of aromatic amines is 1. The highest BCUT2D eigenvalue weighted by atomic mass is 16.5. The van der Waals surface area contributed by atoms with E-state index in [0.717, 1.165) is 5.69 Å². The summed E-state index contributed by atoms with van der Waals surface area (Å²) >= 11 is 0. The van der Waals surface area contributed by atoms with Crippen molar-refractivity contribution in [3.63, 3.8) is 0 Å². The fraction of sp³-hybridized carbons (Fsp3) is 0.600. The minimum atomic E-state index is -0.153. The fourth-order valence-electron chi connectivity index (χ4n) is 2.03. The summed E-state index contributed by atoms with van der Waals surface area (Å²) in [5.41, 5.74) is 0.949. The highest BCUT2D eigenvalue weighted by Crippen LogP contribution is 2.39. The molecule has 14 heavy (non-hydrogen) atoms. The smallest absolute Gasteiger partial charge is 0.0610 e. The van der Waals surface area contributed by atoms with Crippen molar-refractivity contribution < 1.29 is 9.84 Å². The van der Waals surface area contributed by atoms with Crippen molar-refractivity contribution in [3.8, 4) is 0 Å². The van der Waals surface area contributed by atoms with Crippen molar-refractivity contribution >= 4 is 0 Å². The van der Waals surface area contributed by atoms with Gasteiger partial charge in [-0.25, -0.2) is 0 Å². The summed E-state index contributed by atoms with van der Waals surface area (Å²) in [7, 11) is 1.90. The molecule has 0 amide bonds. The third-order valence-electron chi connectivity index (χ3n) is 2.93. The average Bonchev–Trinajstić information content (AvgIpc) is 2.63. The Balaban J connectivity index is 2.20. The standard InChI is InChI=1S/C10H16N2O2/c1-11-9(8-3-2-4-12-8)10(5-13)6-14-7-10/h2-4,9,11-13H,5-7H2,1H3. The molecule has 3 N–H and O–H groups in total. The first-order valence-corrected chi connectivity index (χ1v) is 4.81. The number of rotatable bonds is 4. The summed E-state index contributed by atoms with van der Waals surface area (Å²) in [5.74, 6) is 0. The van der Waals surface area contributed by atoms with Crippen LogP contribution in [0.3, 0.4) is 0 Å². The lowest BCUT2D eigenvalue weighted by Crippen LogP contribution is -2.53. The summed E-state index contributed by atoms with van der Waals surface area (Å²) < 4.78 is 5.20. The molecule has 78 valence electrons. The van der Waals surface area contributed by atoms with Crippen LogP contribution in [-0.4, -0.2) is 37.0 Å². The van der Waals surface area contributed by atoms with Crippen molar-refractivity contribution in [1.82, 2.24) is 10.3 Å². The monoisotopic (exact) mass is 196 g/mol. The van der Waals surface area contributed by atoms with Gasteiger partial charge in [-0.1, -0.05) is 0 Å². The van der Waals surface area contributed by atoms with Gasteiger partial charge in [-0.2, -0.15) is 0 Å². The van der Waals surface area contributed by atoms with Crippen LogP contribution < -0.4 is 5.32 Å². The summed E-state index contributed by atoms with van der Waals surface area (Å²) in [5, 5.41) is 12.6. The maximum Gasteiger partial charge on any atom is 0.0610 e. The van der Waals surface area contributed by atoms with Crippen LogP contribution in [0.25, 0.3) is 0 Å². The Labute approximate surface area is 83.3 Å². The maximum atomic E-state index is 9.40. The second-order valence-electron chi connectivity index (χ2n) is 3.86. The van der Waals surface area contributed by atoms with E-state index in [4.69, 9.17) is 4.74 Å². The molecule has 1 aliphatic heterocycles. The van der Waals surface area contributed by atoms with Gasteiger partial charge in [0.2, 0.25) is 0 Å². The number of hydrogen-bond donors (Lipinski definition) is 3. The van der Waals surface area contributed by atoms with Crippen molar-refractivity contribution in [2.45, 2.75) is 6.04 Å². The summed E-state index contributed by atoms with van der Waals surface area (Å²) in [6.45, 7) is 1.39. The molecule has 2 rings (SSSR count). The molecule has 0 saturated carbocycles. The molecule has 1 aromatic rings. The van der Waals surface area contributed by atoms with Gasteiger partial charge in [-0.05, 0) is 19.2 Å². The summed E-state index contributed by atoms with van der Waals surface area (Å²) in [6, 6.07) is 4.12. The van der Waals surface area contributed by atoms with Crippen LogP contribution in [0.15, 0.2) is 18.3 Å². The first-order valence-electron chi connectivity index (χ1n) is 4.81. The van der Waals surface area contributed by atoms with Crippen molar-refractivity contribution in [1.29, 1.82) is 0 Å². The molecule has 0 bridgehead atoms. The molecule has 4 heteroatoms. The first-order chi connectivity index (χ1) is 6.82. The molecule has 1 atom stereocenters. The van der Waals surface area contributed by atoms with Crippen LogP contribution in [0, 0.1) is 5.41 Å². The number of H-pyrrole nitrogens is 1. The molecule has 0 aromatic carbocycles. The number of nitrogens with one attached hydrogen (secondary N) is 2. The Morgan fingerprint density at radius 1 is 1.71 bits per heavy atom. The van der Waals surface area contributed by atoms with Gasteiger partial charge in [0.1, 0.15) is 0 Å². The summed E-state index contributed by atoms with van der Waals surface area (Å²) in [6.07, 6.45) is 1.89. The van der Waals surface area contributed by atoms with E-state index in [0.29, 0.717) is 13.2 Å². The van der Waals surface area contributed by atoms with Gasteiger partial charge in [0.15, 0.2) is 0 Å². The molecule has 4 nitrogen and oxygen atoms in total. The summed E-state index contributed by atoms with van der Waals surface area (Å²) in [4.78, 5) is 3.17. The molecule has 0 radical (unpaired) electrons. The van der Waals surface area contributed by atoms with Gasteiger partial charge < -0.3 is 20.1 Å². The largest absolute Gasteiger partial charge is 0.396 e. The van der Waals surface area contributed by atoms with Gasteiger partial charge in [-0.15, -0.1) is 0 Å². The van der Waals surface area contributed by atoms with Gasteiger partial charge in [0.25, 0.3) is 0 Å². The Bertz CT molecular complexity index is 275. The third-order valence-corrected chi connectivity index (χ3v) is 2.93. The zero-order chi connectivity index (χ0) is 10.0. The van der Waals surface area contributed by atoms with Gasteiger partial charge in [-0.3, -0.25) is 0 Å². The topological polar surface area (TPSA) is 57.3 Å². The molecular weight excluding hydrogens is 180 g/mol. The van der Waals surface area contributed by atoms with E-state index in [2.05, 4.69) is 10.3 Å².